The molecule has 0 fully saturated rings. The fourth-order valence-electron chi connectivity index (χ4n) is 2.44. The molecule has 0 aromatic carbocycles. The third-order valence-corrected chi connectivity index (χ3v) is 3.96. The maximum Gasteiger partial charge on any atom is 0.326 e. The number of carboxylic acids is 3. The molecular formula is C20H30N4O8. The first-order valence-electron chi connectivity index (χ1n) is 9.85. The number of urea groups is 2. The molecule has 2 atom stereocenters. The van der Waals surface area contributed by atoms with Crippen LogP contribution in [0.1, 0.15) is 39.0 Å². The van der Waals surface area contributed by atoms with Gasteiger partial charge in [0.25, 0.3) is 0 Å². The van der Waals surface area contributed by atoms with Gasteiger partial charge >= 0.3 is 30.0 Å². The number of carbonyl (C=O) groups excluding carboxylic acids is 2. The van der Waals surface area contributed by atoms with Crippen molar-refractivity contribution in [2.45, 2.75) is 51.1 Å². The van der Waals surface area contributed by atoms with Gasteiger partial charge in [-0.1, -0.05) is 18.7 Å². The lowest BCUT2D eigenvalue weighted by Crippen LogP contribution is -2.51. The minimum Gasteiger partial charge on any atom is -0.481 e. The van der Waals surface area contributed by atoms with E-state index in [2.05, 4.69) is 27.8 Å². The Balaban J connectivity index is 4.46. The summed E-state index contributed by atoms with van der Waals surface area (Å²) >= 11 is 0. The van der Waals surface area contributed by atoms with Gasteiger partial charge in [-0.25, -0.2) is 19.2 Å². The minimum atomic E-state index is -1.47. The van der Waals surface area contributed by atoms with Gasteiger partial charge in [0.05, 0.1) is 0 Å². The molecule has 2 unspecified atom stereocenters. The quantitative estimate of drug-likeness (QED) is 0.141. The molecule has 4 amide bonds. The lowest BCUT2D eigenvalue weighted by molar-refractivity contribution is -0.140. The summed E-state index contributed by atoms with van der Waals surface area (Å²) in [6.07, 6.45) is 6.58. The van der Waals surface area contributed by atoms with E-state index in [4.69, 9.17) is 10.2 Å². The molecule has 32 heavy (non-hydrogen) atoms. The predicted octanol–water partition coefficient (Wildman–Crippen LogP) is 1.17. The largest absolute Gasteiger partial charge is 0.481 e. The molecule has 12 heteroatoms. The topological polar surface area (TPSA) is 194 Å². The van der Waals surface area contributed by atoms with E-state index in [0.29, 0.717) is 18.5 Å². The zero-order valence-corrected chi connectivity index (χ0v) is 17.8. The molecule has 0 spiro atoms. The molecule has 0 radical (unpaired) electrons. The Morgan fingerprint density at radius 1 is 0.906 bits per heavy atom. The first-order chi connectivity index (χ1) is 15.1. The molecule has 7 N–H and O–H groups in total. The van der Waals surface area contributed by atoms with Crippen molar-refractivity contribution in [2.75, 3.05) is 6.54 Å². The van der Waals surface area contributed by atoms with Gasteiger partial charge in [-0.3, -0.25) is 4.79 Å². The Labute approximate surface area is 185 Å². The summed E-state index contributed by atoms with van der Waals surface area (Å²) in [6, 6.07) is -4.22. The van der Waals surface area contributed by atoms with Crippen molar-refractivity contribution in [3.05, 3.63) is 36.6 Å². The van der Waals surface area contributed by atoms with Crippen molar-refractivity contribution in [1.29, 1.82) is 0 Å². The number of carboxylic acid groups (broad SMARTS) is 3. The van der Waals surface area contributed by atoms with E-state index in [9.17, 15) is 29.1 Å². The van der Waals surface area contributed by atoms with Gasteiger partial charge in [0, 0.05) is 18.7 Å². The average molecular weight is 454 g/mol. The second kappa shape index (κ2) is 15.9. The van der Waals surface area contributed by atoms with Crippen molar-refractivity contribution >= 4 is 30.0 Å². The van der Waals surface area contributed by atoms with Crippen molar-refractivity contribution in [2.24, 2.45) is 0 Å². The molecular weight excluding hydrogens is 424 g/mol. The molecule has 0 aliphatic heterocycles. The smallest absolute Gasteiger partial charge is 0.326 e. The van der Waals surface area contributed by atoms with Crippen molar-refractivity contribution < 1.29 is 39.3 Å². The Bertz CT molecular complexity index is 748. The number of aliphatic carboxylic acids is 3. The fraction of sp³-hybridized carbons (Fsp3) is 0.450. The van der Waals surface area contributed by atoms with Gasteiger partial charge in [-0.05, 0) is 44.8 Å². The van der Waals surface area contributed by atoms with Gasteiger partial charge in [0.2, 0.25) is 0 Å². The molecule has 0 aliphatic carbocycles. The van der Waals surface area contributed by atoms with Crippen LogP contribution in [0.5, 0.6) is 0 Å². The number of nitrogens with one attached hydrogen (secondary N) is 4. The maximum atomic E-state index is 11.9. The van der Waals surface area contributed by atoms with Gasteiger partial charge in [-0.15, -0.1) is 0 Å². The first kappa shape index (κ1) is 28.2. The Morgan fingerprint density at radius 3 is 2.00 bits per heavy atom. The number of hydrogen-bond donors (Lipinski definition) is 7. The van der Waals surface area contributed by atoms with Crippen LogP contribution in [0.25, 0.3) is 0 Å². The highest BCUT2D eigenvalue weighted by molar-refractivity contribution is 5.86. The molecule has 12 nitrogen and oxygen atoms in total. The van der Waals surface area contributed by atoms with E-state index in [-0.39, 0.29) is 19.4 Å². The number of unbranched alkanes of at least 4 members (excludes halogenated alkanes) is 1. The van der Waals surface area contributed by atoms with Gasteiger partial charge in [-0.2, -0.15) is 0 Å². The molecule has 0 aliphatic rings. The second-order valence-corrected chi connectivity index (χ2v) is 6.57. The molecule has 0 rings (SSSR count). The molecule has 0 saturated heterocycles. The van der Waals surface area contributed by atoms with Crippen LogP contribution in [0.4, 0.5) is 9.59 Å². The Morgan fingerprint density at radius 2 is 1.50 bits per heavy atom. The minimum absolute atomic E-state index is 0.0408. The van der Waals surface area contributed by atoms with Crippen LogP contribution in [0.15, 0.2) is 36.6 Å². The Hall–Kier alpha value is -3.83. The summed E-state index contributed by atoms with van der Waals surface area (Å²) in [4.78, 5) is 56.8. The number of allylic oxidation sites excluding steroid dienone is 4. The van der Waals surface area contributed by atoms with E-state index in [1.54, 1.807) is 25.2 Å². The van der Waals surface area contributed by atoms with Crippen LogP contribution in [0, 0.1) is 0 Å². The van der Waals surface area contributed by atoms with Crippen LogP contribution in [0.3, 0.4) is 0 Å². The molecule has 178 valence electrons. The first-order valence-corrected chi connectivity index (χ1v) is 9.85. The second-order valence-electron chi connectivity index (χ2n) is 6.57. The van der Waals surface area contributed by atoms with Crippen LogP contribution in [0.2, 0.25) is 0 Å². The molecule has 0 saturated carbocycles. The van der Waals surface area contributed by atoms with Crippen LogP contribution in [-0.2, 0) is 14.4 Å². The van der Waals surface area contributed by atoms with Gasteiger partial charge < -0.3 is 36.6 Å². The van der Waals surface area contributed by atoms with Crippen molar-refractivity contribution in [3.63, 3.8) is 0 Å². The summed E-state index contributed by atoms with van der Waals surface area (Å²) < 4.78 is 0. The Kier molecular flexibility index (Phi) is 14.0. The number of carbonyl (C=O) groups is 5. The van der Waals surface area contributed by atoms with E-state index >= 15 is 0 Å². The SMILES string of the molecule is C=C/C=C(\C=C/C)NC(=O)NCCCCC(NC(=O)NC(CCC(=O)O)C(=O)O)C(=O)O. The number of rotatable bonds is 15. The van der Waals surface area contributed by atoms with Gasteiger partial charge in [0.15, 0.2) is 0 Å². The van der Waals surface area contributed by atoms with Crippen LogP contribution in [-0.4, -0.2) is 63.9 Å². The third kappa shape index (κ3) is 13.4. The summed E-state index contributed by atoms with van der Waals surface area (Å²) in [5.41, 5.74) is 0.546. The average Bonchev–Trinajstić information content (AvgIpc) is 2.69. The summed E-state index contributed by atoms with van der Waals surface area (Å²) in [5.74, 6) is -3.97. The summed E-state index contributed by atoms with van der Waals surface area (Å²) in [7, 11) is 0. The van der Waals surface area contributed by atoms with Crippen LogP contribution < -0.4 is 21.3 Å². The lowest BCUT2D eigenvalue weighted by Gasteiger charge is -2.18. The summed E-state index contributed by atoms with van der Waals surface area (Å²) in [5, 5.41) is 36.4. The van der Waals surface area contributed by atoms with Crippen molar-refractivity contribution in [3.8, 4) is 0 Å². The highest BCUT2D eigenvalue weighted by Gasteiger charge is 2.24. The zero-order valence-electron chi connectivity index (χ0n) is 17.8. The van der Waals surface area contributed by atoms with E-state index < -0.39 is 48.5 Å². The van der Waals surface area contributed by atoms with Gasteiger partial charge in [0.1, 0.15) is 12.1 Å². The van der Waals surface area contributed by atoms with E-state index in [0.717, 1.165) is 0 Å². The standard InChI is InChI=1S/C20H30N4O8/c1-3-7-13(8-4-2)22-19(31)21-12-6-5-9-14(17(27)28)23-20(32)24-15(18(29)30)10-11-16(25)26/h3-4,7-8,14-15H,1,5-6,9-12H2,2H3,(H,25,26)(H,27,28)(H,29,30)(H2,21,22,31)(H2,23,24,32)/b8-4-,13-7+. The summed E-state index contributed by atoms with van der Waals surface area (Å²) in [6.45, 7) is 5.61. The van der Waals surface area contributed by atoms with E-state index in [1.807, 2.05) is 0 Å². The lowest BCUT2D eigenvalue weighted by atomic mass is 10.1. The normalized spacial score (nSPS) is 13.0. The number of amides is 4. The fourth-order valence-corrected chi connectivity index (χ4v) is 2.44. The maximum absolute atomic E-state index is 11.9. The van der Waals surface area contributed by atoms with E-state index in [1.165, 1.54) is 6.08 Å². The molecule has 0 bridgehead atoms. The van der Waals surface area contributed by atoms with Crippen LogP contribution >= 0.6 is 0 Å². The zero-order chi connectivity index (χ0) is 24.5. The third-order valence-electron chi connectivity index (χ3n) is 3.96. The highest BCUT2D eigenvalue weighted by atomic mass is 16.4. The van der Waals surface area contributed by atoms with Crippen molar-refractivity contribution in [1.82, 2.24) is 21.3 Å². The monoisotopic (exact) mass is 454 g/mol. The predicted molar refractivity (Wildman–Crippen MR) is 115 cm³/mol. The molecule has 0 aromatic heterocycles. The highest BCUT2D eigenvalue weighted by Crippen LogP contribution is 2.03. The number of hydrogen-bond acceptors (Lipinski definition) is 5. The molecule has 0 heterocycles. The molecule has 0 aromatic rings.